The fourth-order valence-corrected chi connectivity index (χ4v) is 4.61. The zero-order valence-electron chi connectivity index (χ0n) is 17.7. The molecule has 2 aliphatic rings. The van der Waals surface area contributed by atoms with Crippen LogP contribution in [0, 0.1) is 0 Å². The molecule has 2 saturated heterocycles. The van der Waals surface area contributed by atoms with E-state index in [4.69, 9.17) is 10.5 Å². The number of amides is 1. The van der Waals surface area contributed by atoms with Crippen LogP contribution >= 0.6 is 0 Å². The van der Waals surface area contributed by atoms with Crippen molar-refractivity contribution in [2.75, 3.05) is 20.2 Å². The highest BCUT2D eigenvalue weighted by Crippen LogP contribution is 2.41. The number of rotatable bonds is 4. The van der Waals surface area contributed by atoms with Gasteiger partial charge in [0.2, 0.25) is 5.91 Å². The van der Waals surface area contributed by atoms with Crippen LogP contribution in [0.25, 0.3) is 6.08 Å². The van der Waals surface area contributed by atoms with Crippen LogP contribution in [-0.4, -0.2) is 47.7 Å². The van der Waals surface area contributed by atoms with Gasteiger partial charge in [0.25, 0.3) is 0 Å². The third-order valence-corrected chi connectivity index (χ3v) is 6.35. The maximum Gasteiger partial charge on any atom is 0.219 e. The molecule has 2 aliphatic heterocycles. The van der Waals surface area contributed by atoms with E-state index in [0.717, 1.165) is 49.5 Å². The van der Waals surface area contributed by atoms with Crippen molar-refractivity contribution in [2.45, 2.75) is 38.1 Å². The van der Waals surface area contributed by atoms with Crippen LogP contribution in [0.5, 0.6) is 5.75 Å². The van der Waals surface area contributed by atoms with Gasteiger partial charge in [0.15, 0.2) is 0 Å². The summed E-state index contributed by atoms with van der Waals surface area (Å²) in [4.78, 5) is 16.2. The smallest absolute Gasteiger partial charge is 0.219 e. The van der Waals surface area contributed by atoms with Crippen LogP contribution in [0.2, 0.25) is 0 Å². The lowest BCUT2D eigenvalue weighted by molar-refractivity contribution is -0.131. The second kappa shape index (κ2) is 8.50. The molecule has 2 fully saturated rings. The van der Waals surface area contributed by atoms with Crippen LogP contribution in [0.1, 0.15) is 30.9 Å². The summed E-state index contributed by atoms with van der Waals surface area (Å²) < 4.78 is 5.29. The molecule has 4 rings (SSSR count). The molecule has 0 saturated carbocycles. The van der Waals surface area contributed by atoms with Crippen molar-refractivity contribution in [2.24, 2.45) is 5.73 Å². The predicted molar refractivity (Wildman–Crippen MR) is 118 cm³/mol. The monoisotopic (exact) mass is 406 g/mol. The molecule has 0 radical (unpaired) electrons. The highest BCUT2D eigenvalue weighted by molar-refractivity contribution is 5.73. The number of methoxy groups -OCH3 is 1. The topological polar surface area (TPSA) is 70.8 Å². The molecule has 30 heavy (non-hydrogen) atoms. The largest absolute Gasteiger partial charge is 0.497 e. The number of hydrogen-bond acceptors (Lipinski definition) is 5. The Morgan fingerprint density at radius 2 is 1.83 bits per heavy atom. The van der Waals surface area contributed by atoms with Gasteiger partial charge in [0.1, 0.15) is 12.0 Å². The van der Waals surface area contributed by atoms with Gasteiger partial charge >= 0.3 is 0 Å². The van der Waals surface area contributed by atoms with Gasteiger partial charge in [-0.25, -0.2) is 0 Å². The lowest BCUT2D eigenvalue weighted by Gasteiger charge is -2.45. The Morgan fingerprint density at radius 3 is 2.43 bits per heavy atom. The zero-order valence-corrected chi connectivity index (χ0v) is 17.7. The number of likely N-dealkylation sites (tertiary alicyclic amines) is 1. The normalized spacial score (nSPS) is 22.3. The van der Waals surface area contributed by atoms with Gasteiger partial charge in [0, 0.05) is 32.3 Å². The van der Waals surface area contributed by atoms with Crippen molar-refractivity contribution in [1.82, 2.24) is 15.1 Å². The quantitative estimate of drug-likeness (QED) is 0.817. The summed E-state index contributed by atoms with van der Waals surface area (Å²) in [6.45, 7) is 3.83. The SMILES string of the molecule is COc1ccc(CN2C(N)N/C(=C\c3ccccc3)C23CCN(C(C)=O)CC3)cc1. The minimum Gasteiger partial charge on any atom is -0.497 e. The van der Waals surface area contributed by atoms with E-state index in [-0.39, 0.29) is 17.7 Å². The van der Waals surface area contributed by atoms with Crippen LogP contribution in [0.4, 0.5) is 0 Å². The summed E-state index contributed by atoms with van der Waals surface area (Å²) in [5, 5.41) is 3.54. The molecule has 0 aliphatic carbocycles. The molecule has 1 atom stereocenters. The summed E-state index contributed by atoms with van der Waals surface area (Å²) in [6.07, 6.45) is 3.62. The summed E-state index contributed by atoms with van der Waals surface area (Å²) in [7, 11) is 1.67. The van der Waals surface area contributed by atoms with E-state index < -0.39 is 0 Å². The number of benzene rings is 2. The third-order valence-electron chi connectivity index (χ3n) is 6.35. The fourth-order valence-electron chi connectivity index (χ4n) is 4.61. The van der Waals surface area contributed by atoms with Crippen molar-refractivity contribution in [3.63, 3.8) is 0 Å². The number of nitrogens with two attached hydrogens (primary N) is 1. The Balaban J connectivity index is 1.66. The lowest BCUT2D eigenvalue weighted by atomic mass is 9.82. The molecule has 3 N–H and O–H groups in total. The highest BCUT2D eigenvalue weighted by atomic mass is 16.5. The zero-order chi connectivity index (χ0) is 21.1. The molecule has 2 aromatic carbocycles. The van der Waals surface area contributed by atoms with Crippen LogP contribution in [-0.2, 0) is 11.3 Å². The van der Waals surface area contributed by atoms with Crippen molar-refractivity contribution in [1.29, 1.82) is 0 Å². The van der Waals surface area contributed by atoms with Crippen molar-refractivity contribution in [3.8, 4) is 5.75 Å². The van der Waals surface area contributed by atoms with Gasteiger partial charge in [-0.15, -0.1) is 0 Å². The van der Waals surface area contributed by atoms with Gasteiger partial charge in [-0.1, -0.05) is 42.5 Å². The minimum absolute atomic E-state index is 0.135. The molecule has 2 aromatic rings. The van der Waals surface area contributed by atoms with Crippen LogP contribution in [0.3, 0.4) is 0 Å². The summed E-state index contributed by atoms with van der Waals surface area (Å²) in [6, 6.07) is 18.4. The molecule has 1 spiro atoms. The molecule has 158 valence electrons. The minimum atomic E-state index is -0.286. The van der Waals surface area contributed by atoms with E-state index in [9.17, 15) is 4.79 Å². The Bertz CT molecular complexity index is 903. The molecule has 0 bridgehead atoms. The van der Waals surface area contributed by atoms with Crippen molar-refractivity contribution < 1.29 is 9.53 Å². The van der Waals surface area contributed by atoms with E-state index in [1.54, 1.807) is 14.0 Å². The maximum absolute atomic E-state index is 11.9. The lowest BCUT2D eigenvalue weighted by Crippen LogP contribution is -2.56. The molecule has 6 nitrogen and oxygen atoms in total. The fraction of sp³-hybridized carbons (Fsp3) is 0.375. The number of ether oxygens (including phenoxy) is 1. The van der Waals surface area contributed by atoms with Crippen molar-refractivity contribution >= 4 is 12.0 Å². The highest BCUT2D eigenvalue weighted by Gasteiger charge is 2.50. The van der Waals surface area contributed by atoms with E-state index in [1.165, 1.54) is 5.56 Å². The first-order valence-corrected chi connectivity index (χ1v) is 10.5. The Kier molecular flexibility index (Phi) is 5.79. The van der Waals surface area contributed by atoms with Crippen molar-refractivity contribution in [3.05, 3.63) is 71.4 Å². The van der Waals surface area contributed by atoms with Crippen LogP contribution < -0.4 is 15.8 Å². The number of carbonyl (C=O) groups excluding carboxylic acids is 1. The molecule has 1 unspecified atom stereocenters. The van der Waals surface area contributed by atoms with E-state index in [1.807, 2.05) is 35.2 Å². The van der Waals surface area contributed by atoms with Gasteiger partial charge in [-0.05, 0) is 42.2 Å². The summed E-state index contributed by atoms with van der Waals surface area (Å²) >= 11 is 0. The molecular weight excluding hydrogens is 376 g/mol. The van der Waals surface area contributed by atoms with Gasteiger partial charge < -0.3 is 15.0 Å². The Morgan fingerprint density at radius 1 is 1.17 bits per heavy atom. The number of hydrogen-bond donors (Lipinski definition) is 2. The molecule has 6 heteroatoms. The third kappa shape index (κ3) is 3.93. The Labute approximate surface area is 178 Å². The first kappa shape index (κ1) is 20.4. The second-order valence-corrected chi connectivity index (χ2v) is 8.07. The first-order chi connectivity index (χ1) is 14.5. The van der Waals surface area contributed by atoms with E-state index >= 15 is 0 Å². The van der Waals surface area contributed by atoms with Gasteiger partial charge in [0.05, 0.1) is 12.6 Å². The second-order valence-electron chi connectivity index (χ2n) is 8.07. The van der Waals surface area contributed by atoms with Crippen LogP contribution in [0.15, 0.2) is 60.3 Å². The average Bonchev–Trinajstić information content (AvgIpc) is 3.00. The summed E-state index contributed by atoms with van der Waals surface area (Å²) in [5.41, 5.74) is 9.84. The summed E-state index contributed by atoms with van der Waals surface area (Å²) in [5.74, 6) is 0.979. The standard InChI is InChI=1S/C24H30N4O2/c1-18(29)27-14-12-24(13-15-27)22(16-19-6-4-3-5-7-19)26-23(25)28(24)17-20-8-10-21(30-2)11-9-20/h3-11,16,23,26H,12-15,17,25H2,1-2H3/b22-16-. The number of carbonyl (C=O) groups is 1. The van der Waals surface area contributed by atoms with E-state index in [2.05, 4.69) is 40.6 Å². The molecular formula is C24H30N4O2. The average molecular weight is 407 g/mol. The predicted octanol–water partition coefficient (Wildman–Crippen LogP) is 2.76. The molecule has 0 aromatic heterocycles. The first-order valence-electron chi connectivity index (χ1n) is 10.5. The maximum atomic E-state index is 11.9. The number of nitrogens with one attached hydrogen (secondary N) is 1. The molecule has 2 heterocycles. The Hall–Kier alpha value is -2.83. The number of nitrogens with zero attached hydrogens (tertiary/aromatic N) is 2. The van der Waals surface area contributed by atoms with Gasteiger partial charge in [-0.2, -0.15) is 0 Å². The molecule has 1 amide bonds. The number of piperidine rings is 1. The van der Waals surface area contributed by atoms with E-state index in [0.29, 0.717) is 0 Å². The van der Waals surface area contributed by atoms with Gasteiger partial charge in [-0.3, -0.25) is 15.4 Å².